The number of nitrogens with zero attached hydrogens (tertiary/aromatic N) is 2. The van der Waals surface area contributed by atoms with Crippen molar-refractivity contribution in [3.8, 4) is 0 Å². The van der Waals surface area contributed by atoms with Crippen LogP contribution in [0.1, 0.15) is 31.9 Å². The highest BCUT2D eigenvalue weighted by molar-refractivity contribution is 7.89. The Labute approximate surface area is 172 Å². The van der Waals surface area contributed by atoms with Gasteiger partial charge in [-0.1, -0.05) is 56.3 Å². The van der Waals surface area contributed by atoms with Crippen LogP contribution >= 0.6 is 0 Å². The molecule has 0 aromatic heterocycles. The van der Waals surface area contributed by atoms with Crippen LogP contribution in [0.3, 0.4) is 0 Å². The second kappa shape index (κ2) is 9.19. The minimum absolute atomic E-state index is 0.0768. The van der Waals surface area contributed by atoms with E-state index < -0.39 is 15.9 Å². The number of hydrogen-bond donors (Lipinski definition) is 1. The van der Waals surface area contributed by atoms with Gasteiger partial charge in [0.05, 0.1) is 11.1 Å². The van der Waals surface area contributed by atoms with E-state index in [1.165, 1.54) is 38.0 Å². The van der Waals surface area contributed by atoms with E-state index in [-0.39, 0.29) is 16.9 Å². The number of carbonyl (C=O) groups excluding carboxylic acids is 1. The number of carbonyl (C=O) groups is 1. The number of sulfonamides is 1. The van der Waals surface area contributed by atoms with E-state index in [1.807, 2.05) is 24.3 Å². The van der Waals surface area contributed by atoms with Crippen molar-refractivity contribution in [3.63, 3.8) is 0 Å². The Kier molecular flexibility index (Phi) is 7.16. The third kappa shape index (κ3) is 6.40. The summed E-state index contributed by atoms with van der Waals surface area (Å²) in [6.07, 6.45) is 1.53. The predicted octanol–water partition coefficient (Wildman–Crippen LogP) is 3.22. The zero-order valence-corrected chi connectivity index (χ0v) is 18.2. The molecular weight excluding hydrogens is 390 g/mol. The molecule has 0 aliphatic carbocycles. The molecule has 0 heterocycles. The molecule has 1 N–H and O–H groups in total. The average Bonchev–Trinajstić information content (AvgIpc) is 2.65. The highest BCUT2D eigenvalue weighted by atomic mass is 32.2. The van der Waals surface area contributed by atoms with Gasteiger partial charge in [0.15, 0.2) is 6.61 Å². The van der Waals surface area contributed by atoms with Gasteiger partial charge in [-0.2, -0.15) is 0 Å². The number of hydrogen-bond acceptors (Lipinski definition) is 5. The fourth-order valence-electron chi connectivity index (χ4n) is 2.41. The largest absolute Gasteiger partial charge is 0.386 e. The van der Waals surface area contributed by atoms with Gasteiger partial charge in [0.1, 0.15) is 0 Å². The standard InChI is InChI=1S/C21H27N3O4S/c1-21(2,3)17-11-9-16(10-12-17)14-22-28-15-20(25)23-18-7-6-8-19(13-18)29(26,27)24(4)5/h6-14H,15H2,1-5H3,(H,23,25)/b22-14-. The van der Waals surface area contributed by atoms with Gasteiger partial charge in [-0.25, -0.2) is 12.7 Å². The lowest BCUT2D eigenvalue weighted by Gasteiger charge is -2.18. The van der Waals surface area contributed by atoms with Gasteiger partial charge >= 0.3 is 0 Å². The monoisotopic (exact) mass is 417 g/mol. The van der Waals surface area contributed by atoms with Gasteiger partial charge in [-0.05, 0) is 34.7 Å². The van der Waals surface area contributed by atoms with E-state index in [4.69, 9.17) is 4.84 Å². The minimum atomic E-state index is -3.57. The van der Waals surface area contributed by atoms with Crippen LogP contribution in [0.5, 0.6) is 0 Å². The highest BCUT2D eigenvalue weighted by Crippen LogP contribution is 2.22. The van der Waals surface area contributed by atoms with Crippen LogP contribution in [0.15, 0.2) is 58.6 Å². The molecule has 0 bridgehead atoms. The zero-order chi connectivity index (χ0) is 21.7. The zero-order valence-electron chi connectivity index (χ0n) is 17.3. The van der Waals surface area contributed by atoms with Crippen molar-refractivity contribution < 1.29 is 18.0 Å². The summed E-state index contributed by atoms with van der Waals surface area (Å²) in [5.74, 6) is -0.440. The van der Waals surface area contributed by atoms with Crippen LogP contribution in [0.4, 0.5) is 5.69 Å². The molecule has 2 rings (SSSR count). The molecule has 1 amide bonds. The molecule has 29 heavy (non-hydrogen) atoms. The Morgan fingerprint density at radius 1 is 1.14 bits per heavy atom. The second-order valence-electron chi connectivity index (χ2n) is 7.74. The van der Waals surface area contributed by atoms with E-state index in [0.29, 0.717) is 5.69 Å². The van der Waals surface area contributed by atoms with Crippen LogP contribution in [-0.2, 0) is 25.1 Å². The maximum absolute atomic E-state index is 12.2. The predicted molar refractivity (Wildman–Crippen MR) is 115 cm³/mol. The molecule has 2 aromatic rings. The van der Waals surface area contributed by atoms with Gasteiger partial charge in [-0.3, -0.25) is 4.79 Å². The molecule has 0 aliphatic heterocycles. The van der Waals surface area contributed by atoms with Crippen LogP contribution < -0.4 is 5.32 Å². The third-order valence-electron chi connectivity index (χ3n) is 4.15. The normalized spacial score (nSPS) is 12.3. The van der Waals surface area contributed by atoms with Crippen molar-refractivity contribution in [3.05, 3.63) is 59.7 Å². The Balaban J connectivity index is 1.90. The fraction of sp³-hybridized carbons (Fsp3) is 0.333. The number of oxime groups is 1. The summed E-state index contributed by atoms with van der Waals surface area (Å²) in [6, 6.07) is 14.0. The van der Waals surface area contributed by atoms with E-state index in [1.54, 1.807) is 12.1 Å². The van der Waals surface area contributed by atoms with Crippen LogP contribution in [0.25, 0.3) is 0 Å². The van der Waals surface area contributed by atoms with Crippen molar-refractivity contribution in [1.29, 1.82) is 0 Å². The van der Waals surface area contributed by atoms with E-state index in [0.717, 1.165) is 9.87 Å². The summed E-state index contributed by atoms with van der Waals surface area (Å²) < 4.78 is 25.4. The Morgan fingerprint density at radius 2 is 1.79 bits per heavy atom. The topological polar surface area (TPSA) is 88.1 Å². The first-order chi connectivity index (χ1) is 13.5. The molecule has 8 heteroatoms. The van der Waals surface area contributed by atoms with Gasteiger partial charge in [-0.15, -0.1) is 0 Å². The summed E-state index contributed by atoms with van der Waals surface area (Å²) in [5, 5.41) is 6.40. The molecule has 7 nitrogen and oxygen atoms in total. The number of nitrogens with one attached hydrogen (secondary N) is 1. The summed E-state index contributed by atoms with van der Waals surface area (Å²) in [5.41, 5.74) is 2.52. The third-order valence-corrected chi connectivity index (χ3v) is 5.96. The number of amides is 1. The first kappa shape index (κ1) is 22.6. The highest BCUT2D eigenvalue weighted by Gasteiger charge is 2.17. The average molecular weight is 418 g/mol. The van der Waals surface area contributed by atoms with Crippen molar-refractivity contribution in [1.82, 2.24) is 4.31 Å². The molecule has 0 aliphatic rings. The molecule has 0 radical (unpaired) electrons. The molecule has 2 aromatic carbocycles. The van der Waals surface area contributed by atoms with Gasteiger partial charge in [0, 0.05) is 19.8 Å². The van der Waals surface area contributed by atoms with Crippen molar-refractivity contribution >= 4 is 27.8 Å². The maximum Gasteiger partial charge on any atom is 0.265 e. The van der Waals surface area contributed by atoms with Crippen molar-refractivity contribution in [2.24, 2.45) is 5.16 Å². The SMILES string of the molecule is CN(C)S(=O)(=O)c1cccc(NC(=O)CO/N=C\c2ccc(C(C)(C)C)cc2)c1. The minimum Gasteiger partial charge on any atom is -0.386 e. The maximum atomic E-state index is 12.2. The van der Waals surface area contributed by atoms with Crippen LogP contribution in [0, 0.1) is 0 Å². The summed E-state index contributed by atoms with van der Waals surface area (Å²) in [6.45, 7) is 6.14. The molecule has 156 valence electrons. The van der Waals surface area contributed by atoms with Gasteiger partial charge in [0.25, 0.3) is 5.91 Å². The lowest BCUT2D eigenvalue weighted by molar-refractivity contribution is -0.120. The van der Waals surface area contributed by atoms with E-state index >= 15 is 0 Å². The van der Waals surface area contributed by atoms with Gasteiger partial charge < -0.3 is 10.2 Å². The molecule has 0 atom stereocenters. The number of rotatable bonds is 7. The van der Waals surface area contributed by atoms with E-state index in [9.17, 15) is 13.2 Å². The molecule has 0 fully saturated rings. The summed E-state index contributed by atoms with van der Waals surface area (Å²) in [4.78, 5) is 17.1. The molecule has 0 unspecified atom stereocenters. The smallest absolute Gasteiger partial charge is 0.265 e. The Bertz CT molecular complexity index is 976. The van der Waals surface area contributed by atoms with Gasteiger partial charge in [0.2, 0.25) is 10.0 Å². The first-order valence-electron chi connectivity index (χ1n) is 9.08. The molecule has 0 saturated heterocycles. The second-order valence-corrected chi connectivity index (χ2v) is 9.90. The van der Waals surface area contributed by atoms with Crippen LogP contribution in [0.2, 0.25) is 0 Å². The molecule has 0 spiro atoms. The first-order valence-corrected chi connectivity index (χ1v) is 10.5. The fourth-order valence-corrected chi connectivity index (χ4v) is 3.35. The van der Waals surface area contributed by atoms with Crippen LogP contribution in [-0.4, -0.2) is 45.5 Å². The number of benzene rings is 2. The van der Waals surface area contributed by atoms with Crippen molar-refractivity contribution in [2.75, 3.05) is 26.0 Å². The quantitative estimate of drug-likeness (QED) is 0.553. The van der Waals surface area contributed by atoms with Crippen molar-refractivity contribution in [2.45, 2.75) is 31.1 Å². The lowest BCUT2D eigenvalue weighted by Crippen LogP contribution is -2.22. The lowest BCUT2D eigenvalue weighted by atomic mass is 9.87. The molecule has 0 saturated carbocycles. The summed E-state index contributed by atoms with van der Waals surface area (Å²) >= 11 is 0. The number of anilines is 1. The van der Waals surface area contributed by atoms with E-state index in [2.05, 4.69) is 31.2 Å². The molecular formula is C21H27N3O4S. The summed E-state index contributed by atoms with van der Waals surface area (Å²) in [7, 11) is -0.677. The Morgan fingerprint density at radius 3 is 2.38 bits per heavy atom. The Hall–Kier alpha value is -2.71.